The number of hydrogen-bond acceptors (Lipinski definition) is 4. The molecule has 5 nitrogen and oxygen atoms in total. The number of aryl methyl sites for hydroxylation is 1. The lowest BCUT2D eigenvalue weighted by Gasteiger charge is -2.29. The molecule has 2 aliphatic rings. The molecule has 3 rings (SSSR count). The van der Waals surface area contributed by atoms with Crippen LogP contribution in [0, 0.1) is 28.9 Å². The van der Waals surface area contributed by atoms with Crippen LogP contribution in [-0.2, 0) is 0 Å². The summed E-state index contributed by atoms with van der Waals surface area (Å²) in [5.41, 5.74) is 2.09. The van der Waals surface area contributed by atoms with Gasteiger partial charge in [0, 0.05) is 43.0 Å². The molecular formula is C15H21N3O2. The number of nitro benzene ring substituents is 1. The highest BCUT2D eigenvalue weighted by molar-refractivity contribution is 5.57. The molecule has 108 valence electrons. The maximum Gasteiger partial charge on any atom is 0.272 e. The fourth-order valence-corrected chi connectivity index (χ4v) is 3.87. The first-order valence-electron chi connectivity index (χ1n) is 7.34. The van der Waals surface area contributed by atoms with Crippen LogP contribution in [-0.4, -0.2) is 30.6 Å². The number of nitro groups is 1. The number of anilines is 1. The maximum atomic E-state index is 10.9. The zero-order valence-electron chi connectivity index (χ0n) is 12.0. The summed E-state index contributed by atoms with van der Waals surface area (Å²) in [6.07, 6.45) is 1.12. The van der Waals surface area contributed by atoms with E-state index in [2.05, 4.69) is 17.1 Å². The van der Waals surface area contributed by atoms with E-state index in [9.17, 15) is 10.1 Å². The van der Waals surface area contributed by atoms with E-state index in [1.165, 1.54) is 0 Å². The Morgan fingerprint density at radius 3 is 2.90 bits per heavy atom. The van der Waals surface area contributed by atoms with Crippen molar-refractivity contribution in [3.8, 4) is 0 Å². The second-order valence-electron chi connectivity index (χ2n) is 5.94. The normalized spacial score (nSPS) is 28.7. The predicted octanol–water partition coefficient (Wildman–Crippen LogP) is 2.34. The van der Waals surface area contributed by atoms with Gasteiger partial charge in [0.05, 0.1) is 4.92 Å². The average molecular weight is 275 g/mol. The monoisotopic (exact) mass is 275 g/mol. The smallest absolute Gasteiger partial charge is 0.272 e. The third-order valence-corrected chi connectivity index (χ3v) is 4.84. The first-order chi connectivity index (χ1) is 9.61. The molecule has 2 aliphatic heterocycles. The molecule has 1 aromatic carbocycles. The lowest BCUT2D eigenvalue weighted by Crippen LogP contribution is -2.35. The average Bonchev–Trinajstić information content (AvgIpc) is 2.97. The first-order valence-corrected chi connectivity index (χ1v) is 7.34. The van der Waals surface area contributed by atoms with E-state index < -0.39 is 0 Å². The third kappa shape index (κ3) is 2.06. The van der Waals surface area contributed by atoms with Crippen molar-refractivity contribution in [2.45, 2.75) is 26.3 Å². The summed E-state index contributed by atoms with van der Waals surface area (Å²) < 4.78 is 0. The Morgan fingerprint density at radius 2 is 2.25 bits per heavy atom. The molecule has 0 aliphatic carbocycles. The summed E-state index contributed by atoms with van der Waals surface area (Å²) >= 11 is 0. The highest BCUT2D eigenvalue weighted by Crippen LogP contribution is 2.38. The molecule has 0 bridgehead atoms. The molecule has 5 heteroatoms. The lowest BCUT2D eigenvalue weighted by atomic mass is 9.93. The van der Waals surface area contributed by atoms with Crippen molar-refractivity contribution in [1.82, 2.24) is 5.32 Å². The van der Waals surface area contributed by atoms with Crippen LogP contribution in [0.3, 0.4) is 0 Å². The van der Waals surface area contributed by atoms with Crippen LogP contribution in [0.4, 0.5) is 11.4 Å². The highest BCUT2D eigenvalue weighted by atomic mass is 16.6. The summed E-state index contributed by atoms with van der Waals surface area (Å²) in [5.74, 6) is 1.44. The van der Waals surface area contributed by atoms with Gasteiger partial charge < -0.3 is 10.2 Å². The SMILES string of the molecule is CCC1C2CNCC2CN1c1ccc([N+](=O)[O-])c(C)c1. The van der Waals surface area contributed by atoms with Gasteiger partial charge in [0.2, 0.25) is 0 Å². The van der Waals surface area contributed by atoms with Crippen LogP contribution < -0.4 is 10.2 Å². The molecular weight excluding hydrogens is 254 g/mol. The molecule has 1 N–H and O–H groups in total. The van der Waals surface area contributed by atoms with Gasteiger partial charge in [-0.3, -0.25) is 10.1 Å². The van der Waals surface area contributed by atoms with Crippen molar-refractivity contribution in [3.05, 3.63) is 33.9 Å². The van der Waals surface area contributed by atoms with Gasteiger partial charge in [-0.05, 0) is 37.3 Å². The third-order valence-electron chi connectivity index (χ3n) is 4.84. The van der Waals surface area contributed by atoms with Crippen molar-refractivity contribution >= 4 is 11.4 Å². The van der Waals surface area contributed by atoms with Gasteiger partial charge in [-0.15, -0.1) is 0 Å². The minimum atomic E-state index is -0.306. The van der Waals surface area contributed by atoms with E-state index in [1.54, 1.807) is 6.07 Å². The van der Waals surface area contributed by atoms with E-state index in [4.69, 9.17) is 0 Å². The molecule has 0 spiro atoms. The molecule has 1 aromatic rings. The fraction of sp³-hybridized carbons (Fsp3) is 0.600. The highest BCUT2D eigenvalue weighted by Gasteiger charge is 2.43. The Kier molecular flexibility index (Phi) is 3.38. The Morgan fingerprint density at radius 1 is 1.45 bits per heavy atom. The quantitative estimate of drug-likeness (QED) is 0.679. The van der Waals surface area contributed by atoms with Crippen LogP contribution in [0.5, 0.6) is 0 Å². The summed E-state index contributed by atoms with van der Waals surface area (Å²) in [5, 5.41) is 14.4. The van der Waals surface area contributed by atoms with Crippen LogP contribution in [0.25, 0.3) is 0 Å². The molecule has 2 saturated heterocycles. The van der Waals surface area contributed by atoms with E-state index >= 15 is 0 Å². The fourth-order valence-electron chi connectivity index (χ4n) is 3.87. The molecule has 0 saturated carbocycles. The molecule has 20 heavy (non-hydrogen) atoms. The zero-order valence-corrected chi connectivity index (χ0v) is 12.0. The van der Waals surface area contributed by atoms with E-state index in [1.807, 2.05) is 19.1 Å². The number of benzene rings is 1. The van der Waals surface area contributed by atoms with Gasteiger partial charge in [-0.2, -0.15) is 0 Å². The maximum absolute atomic E-state index is 10.9. The van der Waals surface area contributed by atoms with Gasteiger partial charge in [0.1, 0.15) is 0 Å². The number of hydrogen-bond donors (Lipinski definition) is 1. The number of nitrogens with zero attached hydrogens (tertiary/aromatic N) is 2. The Labute approximate surface area is 119 Å². The van der Waals surface area contributed by atoms with Crippen molar-refractivity contribution in [2.24, 2.45) is 11.8 Å². The van der Waals surface area contributed by atoms with E-state index in [0.29, 0.717) is 6.04 Å². The summed E-state index contributed by atoms with van der Waals surface area (Å²) in [6.45, 7) is 7.32. The molecule has 3 atom stereocenters. The van der Waals surface area contributed by atoms with Crippen LogP contribution in [0.2, 0.25) is 0 Å². The summed E-state index contributed by atoms with van der Waals surface area (Å²) in [7, 11) is 0. The number of nitrogens with one attached hydrogen (secondary N) is 1. The molecule has 0 radical (unpaired) electrons. The number of rotatable bonds is 3. The molecule has 0 aromatic heterocycles. The minimum Gasteiger partial charge on any atom is -0.368 e. The zero-order chi connectivity index (χ0) is 14.3. The molecule has 2 fully saturated rings. The minimum absolute atomic E-state index is 0.211. The van der Waals surface area contributed by atoms with Crippen LogP contribution in [0.1, 0.15) is 18.9 Å². The van der Waals surface area contributed by atoms with Gasteiger partial charge in [-0.1, -0.05) is 6.92 Å². The summed E-state index contributed by atoms with van der Waals surface area (Å²) in [6, 6.07) is 6.07. The predicted molar refractivity (Wildman–Crippen MR) is 79.1 cm³/mol. The lowest BCUT2D eigenvalue weighted by molar-refractivity contribution is -0.385. The van der Waals surface area contributed by atoms with Gasteiger partial charge in [0.15, 0.2) is 0 Å². The Hall–Kier alpha value is -1.62. The standard InChI is InChI=1S/C15H21N3O2/c1-3-14-13-8-16-7-11(13)9-17(14)12-4-5-15(18(19)20)10(2)6-12/h4-6,11,13-14,16H,3,7-9H2,1-2H3. The topological polar surface area (TPSA) is 58.4 Å². The van der Waals surface area contributed by atoms with Crippen molar-refractivity contribution in [3.63, 3.8) is 0 Å². The summed E-state index contributed by atoms with van der Waals surface area (Å²) in [4.78, 5) is 13.1. The Balaban J connectivity index is 1.89. The first kappa shape index (κ1) is 13.4. The van der Waals surface area contributed by atoms with Crippen LogP contribution >= 0.6 is 0 Å². The van der Waals surface area contributed by atoms with Crippen molar-refractivity contribution < 1.29 is 4.92 Å². The molecule has 3 unspecified atom stereocenters. The van der Waals surface area contributed by atoms with Crippen molar-refractivity contribution in [1.29, 1.82) is 0 Å². The largest absolute Gasteiger partial charge is 0.368 e. The van der Waals surface area contributed by atoms with E-state index in [-0.39, 0.29) is 10.6 Å². The Bertz CT molecular complexity index is 532. The molecule has 2 heterocycles. The molecule has 0 amide bonds. The van der Waals surface area contributed by atoms with Gasteiger partial charge in [0.25, 0.3) is 5.69 Å². The van der Waals surface area contributed by atoms with Crippen LogP contribution in [0.15, 0.2) is 18.2 Å². The second-order valence-corrected chi connectivity index (χ2v) is 5.94. The van der Waals surface area contributed by atoms with Gasteiger partial charge in [-0.25, -0.2) is 0 Å². The van der Waals surface area contributed by atoms with Crippen molar-refractivity contribution in [2.75, 3.05) is 24.5 Å². The second kappa shape index (κ2) is 5.05. The van der Waals surface area contributed by atoms with E-state index in [0.717, 1.165) is 49.1 Å². The van der Waals surface area contributed by atoms with Gasteiger partial charge >= 0.3 is 0 Å². The number of fused-ring (bicyclic) bond motifs is 1.